The molecule has 0 radical (unpaired) electrons. The summed E-state index contributed by atoms with van der Waals surface area (Å²) in [6.07, 6.45) is 0. The van der Waals surface area contributed by atoms with E-state index in [1.165, 1.54) is 6.07 Å². The maximum atomic E-state index is 13.1. The molecule has 0 spiro atoms. The molecule has 0 aliphatic heterocycles. The molecule has 0 atom stereocenters. The van der Waals surface area contributed by atoms with Gasteiger partial charge in [0.1, 0.15) is 5.82 Å². The molecular weight excluding hydrogens is 253 g/mol. The number of hydrogen-bond acceptors (Lipinski definition) is 2. The summed E-state index contributed by atoms with van der Waals surface area (Å²) in [5.74, 6) is -1.30. The molecule has 14 heavy (non-hydrogen) atoms. The van der Waals surface area contributed by atoms with Gasteiger partial charge < -0.3 is 10.4 Å². The van der Waals surface area contributed by atoms with Crippen LogP contribution in [-0.2, 0) is 11.3 Å². The van der Waals surface area contributed by atoms with E-state index in [0.717, 1.165) is 4.47 Å². The first-order valence-corrected chi connectivity index (χ1v) is 4.75. The fraction of sp³-hybridized carbons (Fsp3) is 0.222. The number of benzene rings is 1. The van der Waals surface area contributed by atoms with Gasteiger partial charge in [0.15, 0.2) is 0 Å². The molecule has 0 saturated heterocycles. The first-order valence-electron chi connectivity index (χ1n) is 3.96. The van der Waals surface area contributed by atoms with Crippen LogP contribution < -0.4 is 5.32 Å². The lowest BCUT2D eigenvalue weighted by molar-refractivity contribution is -0.136. The van der Waals surface area contributed by atoms with Gasteiger partial charge in [-0.1, -0.05) is 15.9 Å². The van der Waals surface area contributed by atoms with Crippen molar-refractivity contribution in [1.29, 1.82) is 0 Å². The Hall–Kier alpha value is -0.940. The van der Waals surface area contributed by atoms with E-state index in [1.807, 2.05) is 0 Å². The predicted octanol–water partition coefficient (Wildman–Crippen LogP) is 1.76. The smallest absolute Gasteiger partial charge is 0.317 e. The van der Waals surface area contributed by atoms with Crippen LogP contribution in [0.1, 0.15) is 5.56 Å². The second kappa shape index (κ2) is 5.07. The zero-order chi connectivity index (χ0) is 10.6. The van der Waals surface area contributed by atoms with E-state index in [0.29, 0.717) is 5.56 Å². The Bertz CT molecular complexity index is 344. The van der Waals surface area contributed by atoms with Crippen molar-refractivity contribution in [3.8, 4) is 0 Å². The van der Waals surface area contributed by atoms with Gasteiger partial charge in [-0.15, -0.1) is 0 Å². The van der Waals surface area contributed by atoms with E-state index in [4.69, 9.17) is 5.11 Å². The summed E-state index contributed by atoms with van der Waals surface area (Å²) in [5.41, 5.74) is 0.445. The Morgan fingerprint density at radius 2 is 2.29 bits per heavy atom. The summed E-state index contributed by atoms with van der Waals surface area (Å²) in [4.78, 5) is 10.2. The largest absolute Gasteiger partial charge is 0.480 e. The minimum Gasteiger partial charge on any atom is -0.480 e. The molecule has 0 aromatic heterocycles. The van der Waals surface area contributed by atoms with Crippen LogP contribution in [0.25, 0.3) is 0 Å². The summed E-state index contributed by atoms with van der Waals surface area (Å²) in [7, 11) is 0. The van der Waals surface area contributed by atoms with E-state index in [-0.39, 0.29) is 18.9 Å². The molecule has 0 heterocycles. The maximum Gasteiger partial charge on any atom is 0.317 e. The van der Waals surface area contributed by atoms with Crippen molar-refractivity contribution < 1.29 is 14.3 Å². The summed E-state index contributed by atoms with van der Waals surface area (Å²) in [6, 6.07) is 4.54. The number of carboxylic acids is 1. The van der Waals surface area contributed by atoms with Crippen LogP contribution in [0.15, 0.2) is 22.7 Å². The molecule has 1 rings (SSSR count). The van der Waals surface area contributed by atoms with Crippen molar-refractivity contribution in [2.24, 2.45) is 0 Å². The average Bonchev–Trinajstić information content (AvgIpc) is 2.10. The molecule has 0 bridgehead atoms. The highest BCUT2D eigenvalue weighted by atomic mass is 79.9. The highest BCUT2D eigenvalue weighted by Gasteiger charge is 2.03. The molecule has 5 heteroatoms. The minimum atomic E-state index is -0.958. The molecule has 0 fully saturated rings. The topological polar surface area (TPSA) is 49.3 Å². The van der Waals surface area contributed by atoms with Crippen LogP contribution in [-0.4, -0.2) is 17.6 Å². The van der Waals surface area contributed by atoms with Crippen molar-refractivity contribution in [2.75, 3.05) is 6.54 Å². The number of aliphatic carboxylic acids is 1. The lowest BCUT2D eigenvalue weighted by Crippen LogP contribution is -2.22. The van der Waals surface area contributed by atoms with Crippen LogP contribution >= 0.6 is 15.9 Å². The Kier molecular flexibility index (Phi) is 4.03. The van der Waals surface area contributed by atoms with Crippen LogP contribution in [0.5, 0.6) is 0 Å². The van der Waals surface area contributed by atoms with E-state index in [9.17, 15) is 9.18 Å². The minimum absolute atomic E-state index is 0.175. The summed E-state index contributed by atoms with van der Waals surface area (Å²) < 4.78 is 13.9. The SMILES string of the molecule is O=C(O)CNCc1cc(Br)ccc1F. The number of halogens is 2. The van der Waals surface area contributed by atoms with Gasteiger partial charge in [-0.25, -0.2) is 4.39 Å². The summed E-state index contributed by atoms with van der Waals surface area (Å²) in [6.45, 7) is 0.0313. The third-order valence-corrected chi connectivity index (χ3v) is 2.09. The molecule has 1 aromatic rings. The van der Waals surface area contributed by atoms with Gasteiger partial charge in [-0.2, -0.15) is 0 Å². The van der Waals surface area contributed by atoms with E-state index < -0.39 is 5.97 Å². The summed E-state index contributed by atoms with van der Waals surface area (Å²) in [5, 5.41) is 11.0. The highest BCUT2D eigenvalue weighted by Crippen LogP contribution is 2.15. The summed E-state index contributed by atoms with van der Waals surface area (Å²) >= 11 is 3.21. The van der Waals surface area contributed by atoms with Gasteiger partial charge in [0.2, 0.25) is 0 Å². The first-order chi connectivity index (χ1) is 6.59. The molecule has 0 unspecified atom stereocenters. The average molecular weight is 262 g/mol. The van der Waals surface area contributed by atoms with Gasteiger partial charge in [0.25, 0.3) is 0 Å². The quantitative estimate of drug-likeness (QED) is 0.869. The van der Waals surface area contributed by atoms with Crippen LogP contribution in [0.2, 0.25) is 0 Å². The van der Waals surface area contributed by atoms with Gasteiger partial charge in [-0.3, -0.25) is 4.79 Å². The van der Waals surface area contributed by atoms with Crippen LogP contribution in [0.4, 0.5) is 4.39 Å². The van der Waals surface area contributed by atoms with Gasteiger partial charge in [-0.05, 0) is 18.2 Å². The zero-order valence-corrected chi connectivity index (χ0v) is 8.84. The fourth-order valence-corrected chi connectivity index (χ4v) is 1.39. The Morgan fingerprint density at radius 1 is 1.57 bits per heavy atom. The van der Waals surface area contributed by atoms with Crippen molar-refractivity contribution in [1.82, 2.24) is 5.32 Å². The number of carboxylic acid groups (broad SMARTS) is 1. The monoisotopic (exact) mass is 261 g/mol. The molecule has 0 saturated carbocycles. The molecule has 0 aliphatic carbocycles. The highest BCUT2D eigenvalue weighted by molar-refractivity contribution is 9.10. The predicted molar refractivity (Wildman–Crippen MR) is 53.4 cm³/mol. The van der Waals surface area contributed by atoms with E-state index in [2.05, 4.69) is 21.2 Å². The second-order valence-corrected chi connectivity index (χ2v) is 3.65. The molecule has 1 aromatic carbocycles. The van der Waals surface area contributed by atoms with E-state index in [1.54, 1.807) is 12.1 Å². The van der Waals surface area contributed by atoms with Crippen molar-refractivity contribution in [3.63, 3.8) is 0 Å². The van der Waals surface area contributed by atoms with Gasteiger partial charge in [0.05, 0.1) is 6.54 Å². The molecular formula is C9H9BrFNO2. The van der Waals surface area contributed by atoms with Crippen LogP contribution in [0, 0.1) is 5.82 Å². The van der Waals surface area contributed by atoms with E-state index >= 15 is 0 Å². The van der Waals surface area contributed by atoms with Crippen molar-refractivity contribution in [2.45, 2.75) is 6.54 Å². The number of carbonyl (C=O) groups is 1. The number of hydrogen-bond donors (Lipinski definition) is 2. The second-order valence-electron chi connectivity index (χ2n) is 2.73. The molecule has 2 N–H and O–H groups in total. The number of nitrogens with one attached hydrogen (secondary N) is 1. The van der Waals surface area contributed by atoms with Gasteiger partial charge in [0, 0.05) is 16.6 Å². The third kappa shape index (κ3) is 3.43. The molecule has 0 amide bonds. The lowest BCUT2D eigenvalue weighted by atomic mass is 10.2. The standard InChI is InChI=1S/C9H9BrFNO2/c10-7-1-2-8(11)6(3-7)4-12-5-9(13)14/h1-3,12H,4-5H2,(H,13,14). The fourth-order valence-electron chi connectivity index (χ4n) is 0.983. The normalized spacial score (nSPS) is 10.1. The Morgan fingerprint density at radius 3 is 2.93 bits per heavy atom. The molecule has 0 aliphatic rings. The Labute approximate surface area is 89.1 Å². The third-order valence-electron chi connectivity index (χ3n) is 1.60. The van der Waals surface area contributed by atoms with Crippen molar-refractivity contribution in [3.05, 3.63) is 34.1 Å². The lowest BCUT2D eigenvalue weighted by Gasteiger charge is -2.04. The van der Waals surface area contributed by atoms with Crippen LogP contribution in [0.3, 0.4) is 0 Å². The first kappa shape index (κ1) is 11.1. The van der Waals surface area contributed by atoms with Crippen molar-refractivity contribution >= 4 is 21.9 Å². The van der Waals surface area contributed by atoms with Gasteiger partial charge >= 0.3 is 5.97 Å². The molecule has 76 valence electrons. The zero-order valence-electron chi connectivity index (χ0n) is 7.26. The maximum absolute atomic E-state index is 13.1. The number of rotatable bonds is 4. The molecule has 3 nitrogen and oxygen atoms in total. The Balaban J connectivity index is 2.57.